The lowest BCUT2D eigenvalue weighted by atomic mass is 10.1. The van der Waals surface area contributed by atoms with Crippen molar-refractivity contribution in [3.05, 3.63) is 42.1 Å². The molecule has 0 radical (unpaired) electrons. The third-order valence-electron chi connectivity index (χ3n) is 4.62. The molecule has 0 spiro atoms. The van der Waals surface area contributed by atoms with Crippen LogP contribution in [0.3, 0.4) is 0 Å². The number of fused-ring (bicyclic) bond motifs is 1. The summed E-state index contributed by atoms with van der Waals surface area (Å²) in [5.41, 5.74) is 1.92. The van der Waals surface area contributed by atoms with E-state index in [4.69, 9.17) is 4.74 Å². The van der Waals surface area contributed by atoms with Crippen molar-refractivity contribution in [1.82, 2.24) is 18.8 Å². The van der Waals surface area contributed by atoms with Gasteiger partial charge in [-0.05, 0) is 18.9 Å². The minimum Gasteiger partial charge on any atom is -0.476 e. The molecule has 2 aromatic rings. The molecule has 0 amide bonds. The number of hydrogen-bond donors (Lipinski definition) is 0. The Kier molecular flexibility index (Phi) is 3.80. The van der Waals surface area contributed by atoms with Crippen LogP contribution in [0.4, 0.5) is 0 Å². The molecule has 1 atom stereocenters. The molecule has 4 rings (SSSR count). The zero-order valence-electron chi connectivity index (χ0n) is 13.5. The first-order valence-electron chi connectivity index (χ1n) is 8.09. The van der Waals surface area contributed by atoms with Crippen LogP contribution in [0.25, 0.3) is 0 Å². The standard InChI is InChI=1S/C16H20N4O3S/c1-19-11-18-14-9-20(24(21,22)13-5-6-13)12(8-15(14)19)10-23-16-4-2-3-7-17-16/h2-4,7,11-13H,5-6,8-10H2,1H3/t12-/m1/s1. The third kappa shape index (κ3) is 2.80. The second-order valence-electron chi connectivity index (χ2n) is 6.38. The van der Waals surface area contributed by atoms with Crippen molar-refractivity contribution in [1.29, 1.82) is 0 Å². The van der Waals surface area contributed by atoms with Gasteiger partial charge in [0, 0.05) is 31.4 Å². The minimum absolute atomic E-state index is 0.236. The van der Waals surface area contributed by atoms with Crippen molar-refractivity contribution in [3.63, 3.8) is 0 Å². The molecule has 7 nitrogen and oxygen atoms in total. The molecule has 0 unspecified atom stereocenters. The average molecular weight is 348 g/mol. The molecule has 0 saturated heterocycles. The molecule has 2 aliphatic rings. The Bertz CT molecular complexity index is 830. The van der Waals surface area contributed by atoms with Gasteiger partial charge in [0.05, 0.1) is 29.9 Å². The van der Waals surface area contributed by atoms with Gasteiger partial charge in [-0.2, -0.15) is 4.31 Å². The van der Waals surface area contributed by atoms with Crippen LogP contribution in [0.15, 0.2) is 30.7 Å². The largest absolute Gasteiger partial charge is 0.476 e. The number of imidazole rings is 1. The van der Waals surface area contributed by atoms with E-state index in [2.05, 4.69) is 9.97 Å². The van der Waals surface area contributed by atoms with E-state index in [1.807, 2.05) is 23.7 Å². The van der Waals surface area contributed by atoms with Crippen molar-refractivity contribution in [3.8, 4) is 5.88 Å². The van der Waals surface area contributed by atoms with Gasteiger partial charge in [0.15, 0.2) is 0 Å². The first kappa shape index (κ1) is 15.6. The highest BCUT2D eigenvalue weighted by molar-refractivity contribution is 7.90. The molecule has 2 aromatic heterocycles. The molecule has 24 heavy (non-hydrogen) atoms. The number of sulfonamides is 1. The van der Waals surface area contributed by atoms with Gasteiger partial charge in [0.2, 0.25) is 15.9 Å². The molecule has 1 aliphatic heterocycles. The number of hydrogen-bond acceptors (Lipinski definition) is 5. The second kappa shape index (κ2) is 5.86. The van der Waals surface area contributed by atoms with Gasteiger partial charge in [-0.15, -0.1) is 0 Å². The van der Waals surface area contributed by atoms with E-state index in [0.29, 0.717) is 18.8 Å². The fraction of sp³-hybridized carbons (Fsp3) is 0.500. The van der Waals surface area contributed by atoms with Gasteiger partial charge in [0.25, 0.3) is 0 Å². The van der Waals surface area contributed by atoms with Gasteiger partial charge in [-0.25, -0.2) is 18.4 Å². The molecule has 1 fully saturated rings. The SMILES string of the molecule is Cn1cnc2c1C[C@H](COc1ccccn1)N(S(=O)(=O)C1CC1)C2. The van der Waals surface area contributed by atoms with Crippen LogP contribution in [0.1, 0.15) is 24.2 Å². The Morgan fingerprint density at radius 1 is 1.29 bits per heavy atom. The maximum absolute atomic E-state index is 12.8. The van der Waals surface area contributed by atoms with Crippen molar-refractivity contribution in [2.24, 2.45) is 7.05 Å². The molecule has 8 heteroatoms. The number of aryl methyl sites for hydroxylation is 1. The van der Waals surface area contributed by atoms with Crippen molar-refractivity contribution in [2.45, 2.75) is 37.1 Å². The Morgan fingerprint density at radius 2 is 2.12 bits per heavy atom. The molecule has 1 aliphatic carbocycles. The topological polar surface area (TPSA) is 77.3 Å². The Labute approximate surface area is 141 Å². The molecular formula is C16H20N4O3S. The summed E-state index contributed by atoms with van der Waals surface area (Å²) in [7, 11) is -1.35. The fourth-order valence-corrected chi connectivity index (χ4v) is 5.08. The highest BCUT2D eigenvalue weighted by Crippen LogP contribution is 2.35. The summed E-state index contributed by atoms with van der Waals surface area (Å²) in [4.78, 5) is 8.50. The van der Waals surface area contributed by atoms with Gasteiger partial charge in [0.1, 0.15) is 6.61 Å². The quantitative estimate of drug-likeness (QED) is 0.809. The van der Waals surface area contributed by atoms with Crippen LogP contribution >= 0.6 is 0 Å². The molecule has 3 heterocycles. The summed E-state index contributed by atoms with van der Waals surface area (Å²) in [5.74, 6) is 0.511. The molecule has 0 aromatic carbocycles. The monoisotopic (exact) mass is 348 g/mol. The molecule has 0 N–H and O–H groups in total. The summed E-state index contributed by atoms with van der Waals surface area (Å²) in [6, 6.07) is 5.21. The summed E-state index contributed by atoms with van der Waals surface area (Å²) >= 11 is 0. The van der Waals surface area contributed by atoms with Crippen molar-refractivity contribution >= 4 is 10.0 Å². The number of aromatic nitrogens is 3. The van der Waals surface area contributed by atoms with Gasteiger partial charge >= 0.3 is 0 Å². The second-order valence-corrected chi connectivity index (χ2v) is 8.54. The molecule has 0 bridgehead atoms. The van der Waals surface area contributed by atoms with Gasteiger partial charge in [-0.3, -0.25) is 0 Å². The average Bonchev–Trinajstić information content (AvgIpc) is 3.39. The maximum atomic E-state index is 12.8. The van der Waals surface area contributed by atoms with E-state index in [-0.39, 0.29) is 17.9 Å². The van der Waals surface area contributed by atoms with E-state index in [1.165, 1.54) is 0 Å². The zero-order chi connectivity index (χ0) is 16.7. The summed E-state index contributed by atoms with van der Waals surface area (Å²) in [6.45, 7) is 0.610. The Hall–Kier alpha value is -1.93. The maximum Gasteiger partial charge on any atom is 0.217 e. The summed E-state index contributed by atoms with van der Waals surface area (Å²) in [5, 5.41) is -0.236. The number of ether oxygens (including phenoxy) is 1. The van der Waals surface area contributed by atoms with E-state index in [0.717, 1.165) is 24.2 Å². The Balaban J connectivity index is 1.59. The number of pyridine rings is 1. The van der Waals surface area contributed by atoms with Crippen LogP contribution < -0.4 is 4.74 Å². The van der Waals surface area contributed by atoms with Gasteiger partial charge in [-0.1, -0.05) is 6.07 Å². The van der Waals surface area contributed by atoms with E-state index < -0.39 is 10.0 Å². The normalized spacial score (nSPS) is 21.5. The van der Waals surface area contributed by atoms with E-state index in [9.17, 15) is 8.42 Å². The predicted molar refractivity (Wildman–Crippen MR) is 87.9 cm³/mol. The van der Waals surface area contributed by atoms with Crippen LogP contribution in [0, 0.1) is 0 Å². The molecule has 1 saturated carbocycles. The van der Waals surface area contributed by atoms with E-state index in [1.54, 1.807) is 22.9 Å². The molecular weight excluding hydrogens is 328 g/mol. The molecule has 128 valence electrons. The lowest BCUT2D eigenvalue weighted by Crippen LogP contribution is -2.48. The highest BCUT2D eigenvalue weighted by atomic mass is 32.2. The van der Waals surface area contributed by atoms with Crippen LogP contribution in [0.2, 0.25) is 0 Å². The first-order chi connectivity index (χ1) is 11.6. The number of rotatable bonds is 5. The fourth-order valence-electron chi connectivity index (χ4n) is 3.11. The number of nitrogens with zero attached hydrogens (tertiary/aromatic N) is 4. The third-order valence-corrected chi connectivity index (χ3v) is 7.02. The lowest BCUT2D eigenvalue weighted by Gasteiger charge is -2.34. The minimum atomic E-state index is -3.29. The lowest BCUT2D eigenvalue weighted by molar-refractivity contribution is 0.181. The van der Waals surface area contributed by atoms with Gasteiger partial charge < -0.3 is 9.30 Å². The van der Waals surface area contributed by atoms with Crippen molar-refractivity contribution in [2.75, 3.05) is 6.61 Å². The smallest absolute Gasteiger partial charge is 0.217 e. The van der Waals surface area contributed by atoms with E-state index >= 15 is 0 Å². The van der Waals surface area contributed by atoms with Crippen LogP contribution in [0.5, 0.6) is 5.88 Å². The van der Waals surface area contributed by atoms with Crippen molar-refractivity contribution < 1.29 is 13.2 Å². The zero-order valence-corrected chi connectivity index (χ0v) is 14.3. The predicted octanol–water partition coefficient (Wildman–Crippen LogP) is 1.11. The summed E-state index contributed by atoms with van der Waals surface area (Å²) < 4.78 is 34.9. The summed E-state index contributed by atoms with van der Waals surface area (Å²) in [6.07, 6.45) is 5.51. The van der Waals surface area contributed by atoms with Crippen LogP contribution in [-0.4, -0.2) is 45.2 Å². The Morgan fingerprint density at radius 3 is 2.83 bits per heavy atom. The van der Waals surface area contributed by atoms with Crippen LogP contribution in [-0.2, 0) is 30.0 Å². The highest BCUT2D eigenvalue weighted by Gasteiger charge is 2.45. The first-order valence-corrected chi connectivity index (χ1v) is 9.59.